The molecule has 82 valence electrons. The van der Waals surface area contributed by atoms with E-state index >= 15 is 0 Å². The SMILES string of the molecule is CCC(Br)C(=O)NC(C)c1ccccn1. The minimum Gasteiger partial charge on any atom is -0.347 e. The molecule has 0 aromatic carbocycles. The van der Waals surface area contributed by atoms with E-state index in [-0.39, 0.29) is 16.8 Å². The number of hydrogen-bond acceptors (Lipinski definition) is 2. The summed E-state index contributed by atoms with van der Waals surface area (Å²) in [7, 11) is 0. The molecule has 1 amide bonds. The van der Waals surface area contributed by atoms with Crippen LogP contribution in [0.4, 0.5) is 0 Å². The van der Waals surface area contributed by atoms with Crippen molar-refractivity contribution in [2.24, 2.45) is 0 Å². The van der Waals surface area contributed by atoms with Crippen LogP contribution in [0.2, 0.25) is 0 Å². The Hall–Kier alpha value is -0.900. The van der Waals surface area contributed by atoms with Gasteiger partial charge in [-0.3, -0.25) is 9.78 Å². The third-order valence-corrected chi connectivity index (χ3v) is 3.20. The van der Waals surface area contributed by atoms with Crippen molar-refractivity contribution in [2.75, 3.05) is 0 Å². The number of nitrogens with zero attached hydrogens (tertiary/aromatic N) is 1. The quantitative estimate of drug-likeness (QED) is 0.854. The van der Waals surface area contributed by atoms with Gasteiger partial charge in [0.05, 0.1) is 16.6 Å². The van der Waals surface area contributed by atoms with Crippen LogP contribution in [-0.2, 0) is 4.79 Å². The first-order valence-electron chi connectivity index (χ1n) is 5.00. The van der Waals surface area contributed by atoms with Gasteiger partial charge >= 0.3 is 0 Å². The summed E-state index contributed by atoms with van der Waals surface area (Å²) in [5.41, 5.74) is 0.877. The van der Waals surface area contributed by atoms with E-state index in [4.69, 9.17) is 0 Å². The molecule has 2 atom stereocenters. The van der Waals surface area contributed by atoms with Gasteiger partial charge in [0.25, 0.3) is 0 Å². The number of hydrogen-bond donors (Lipinski definition) is 1. The Labute approximate surface area is 98.4 Å². The number of pyridine rings is 1. The zero-order chi connectivity index (χ0) is 11.3. The van der Waals surface area contributed by atoms with Crippen LogP contribution in [0, 0.1) is 0 Å². The number of aromatic nitrogens is 1. The second-order valence-electron chi connectivity index (χ2n) is 3.36. The standard InChI is InChI=1S/C11H15BrN2O/c1-3-9(12)11(15)14-8(2)10-6-4-5-7-13-10/h4-9H,3H2,1-2H3,(H,14,15). The molecule has 15 heavy (non-hydrogen) atoms. The zero-order valence-corrected chi connectivity index (χ0v) is 10.5. The first-order chi connectivity index (χ1) is 7.15. The molecule has 4 heteroatoms. The van der Waals surface area contributed by atoms with Crippen LogP contribution in [-0.4, -0.2) is 15.7 Å². The molecular weight excluding hydrogens is 256 g/mol. The molecule has 3 nitrogen and oxygen atoms in total. The molecule has 1 heterocycles. The topological polar surface area (TPSA) is 42.0 Å². The number of nitrogens with one attached hydrogen (secondary N) is 1. The van der Waals surface area contributed by atoms with Gasteiger partial charge < -0.3 is 5.32 Å². The Morgan fingerprint density at radius 1 is 1.60 bits per heavy atom. The van der Waals surface area contributed by atoms with E-state index in [0.29, 0.717) is 0 Å². The van der Waals surface area contributed by atoms with E-state index in [1.807, 2.05) is 32.0 Å². The molecule has 1 aromatic heterocycles. The number of carbonyl (C=O) groups excluding carboxylic acids is 1. The lowest BCUT2D eigenvalue weighted by Gasteiger charge is -2.15. The van der Waals surface area contributed by atoms with Gasteiger partial charge in [0, 0.05) is 6.20 Å². The second kappa shape index (κ2) is 5.85. The van der Waals surface area contributed by atoms with Crippen LogP contribution in [0.25, 0.3) is 0 Å². The minimum absolute atomic E-state index is 0.00986. The van der Waals surface area contributed by atoms with E-state index in [9.17, 15) is 4.79 Å². The Morgan fingerprint density at radius 2 is 2.33 bits per heavy atom. The fraction of sp³-hybridized carbons (Fsp3) is 0.455. The third kappa shape index (κ3) is 3.63. The van der Waals surface area contributed by atoms with Crippen LogP contribution in [0.3, 0.4) is 0 Å². The molecule has 1 N–H and O–H groups in total. The summed E-state index contributed by atoms with van der Waals surface area (Å²) in [6.45, 7) is 3.89. The van der Waals surface area contributed by atoms with E-state index in [0.717, 1.165) is 12.1 Å². The molecule has 0 fully saturated rings. The van der Waals surface area contributed by atoms with E-state index in [2.05, 4.69) is 26.2 Å². The molecule has 0 aliphatic heterocycles. The minimum atomic E-state index is -0.122. The number of alkyl halides is 1. The van der Waals surface area contributed by atoms with Gasteiger partial charge in [-0.15, -0.1) is 0 Å². The summed E-state index contributed by atoms with van der Waals surface area (Å²) >= 11 is 3.31. The van der Waals surface area contributed by atoms with Crippen LogP contribution in [0.5, 0.6) is 0 Å². The monoisotopic (exact) mass is 270 g/mol. The molecule has 0 spiro atoms. The summed E-state index contributed by atoms with van der Waals surface area (Å²) < 4.78 is 0. The van der Waals surface area contributed by atoms with E-state index < -0.39 is 0 Å². The lowest BCUT2D eigenvalue weighted by molar-refractivity contribution is -0.121. The predicted octanol–water partition coefficient (Wildman–Crippen LogP) is 2.43. The highest BCUT2D eigenvalue weighted by molar-refractivity contribution is 9.10. The van der Waals surface area contributed by atoms with Crippen LogP contribution in [0.1, 0.15) is 32.0 Å². The molecule has 0 saturated carbocycles. The van der Waals surface area contributed by atoms with Crippen molar-refractivity contribution in [1.29, 1.82) is 0 Å². The number of halogens is 1. The van der Waals surface area contributed by atoms with Crippen LogP contribution < -0.4 is 5.32 Å². The predicted molar refractivity (Wildman–Crippen MR) is 63.8 cm³/mol. The Morgan fingerprint density at radius 3 is 2.87 bits per heavy atom. The number of rotatable bonds is 4. The van der Waals surface area contributed by atoms with Crippen molar-refractivity contribution in [3.8, 4) is 0 Å². The average molecular weight is 271 g/mol. The highest BCUT2D eigenvalue weighted by Crippen LogP contribution is 2.11. The maximum absolute atomic E-state index is 11.6. The van der Waals surface area contributed by atoms with Crippen molar-refractivity contribution in [3.63, 3.8) is 0 Å². The second-order valence-corrected chi connectivity index (χ2v) is 4.47. The molecule has 2 unspecified atom stereocenters. The van der Waals surface area contributed by atoms with Crippen molar-refractivity contribution >= 4 is 21.8 Å². The smallest absolute Gasteiger partial charge is 0.234 e. The first-order valence-corrected chi connectivity index (χ1v) is 5.92. The van der Waals surface area contributed by atoms with Crippen molar-refractivity contribution in [1.82, 2.24) is 10.3 Å². The molecule has 0 bridgehead atoms. The summed E-state index contributed by atoms with van der Waals surface area (Å²) in [6, 6.07) is 5.62. The van der Waals surface area contributed by atoms with Gasteiger partial charge in [-0.25, -0.2) is 0 Å². The Balaban J connectivity index is 2.56. The maximum Gasteiger partial charge on any atom is 0.234 e. The summed E-state index contributed by atoms with van der Waals surface area (Å²) in [4.78, 5) is 15.6. The van der Waals surface area contributed by atoms with Gasteiger partial charge in [-0.2, -0.15) is 0 Å². The Kier molecular flexibility index (Phi) is 4.75. The van der Waals surface area contributed by atoms with Crippen LogP contribution >= 0.6 is 15.9 Å². The Bertz CT molecular complexity index is 316. The fourth-order valence-corrected chi connectivity index (χ4v) is 1.33. The lowest BCUT2D eigenvalue weighted by atomic mass is 10.2. The summed E-state index contributed by atoms with van der Waals surface area (Å²) in [5.74, 6) is 0.00986. The van der Waals surface area contributed by atoms with Gasteiger partial charge in [-0.05, 0) is 25.5 Å². The summed E-state index contributed by atoms with van der Waals surface area (Å²) in [5, 5.41) is 2.90. The van der Waals surface area contributed by atoms with Crippen LogP contribution in [0.15, 0.2) is 24.4 Å². The van der Waals surface area contributed by atoms with Crippen molar-refractivity contribution < 1.29 is 4.79 Å². The van der Waals surface area contributed by atoms with E-state index in [1.165, 1.54) is 0 Å². The molecule has 0 saturated heterocycles. The van der Waals surface area contributed by atoms with Crippen molar-refractivity contribution in [2.45, 2.75) is 31.1 Å². The third-order valence-electron chi connectivity index (χ3n) is 2.13. The molecular formula is C11H15BrN2O. The van der Waals surface area contributed by atoms with Gasteiger partial charge in [0.2, 0.25) is 5.91 Å². The van der Waals surface area contributed by atoms with Gasteiger partial charge in [0.1, 0.15) is 0 Å². The van der Waals surface area contributed by atoms with Gasteiger partial charge in [0.15, 0.2) is 0 Å². The highest BCUT2D eigenvalue weighted by Gasteiger charge is 2.15. The molecule has 0 radical (unpaired) electrons. The normalized spacial score (nSPS) is 14.3. The number of carbonyl (C=O) groups is 1. The molecule has 0 aliphatic carbocycles. The van der Waals surface area contributed by atoms with E-state index in [1.54, 1.807) is 6.20 Å². The fourth-order valence-electron chi connectivity index (χ4n) is 1.20. The number of amides is 1. The largest absolute Gasteiger partial charge is 0.347 e. The first kappa shape index (κ1) is 12.2. The van der Waals surface area contributed by atoms with Crippen molar-refractivity contribution in [3.05, 3.63) is 30.1 Å². The summed E-state index contributed by atoms with van der Waals surface area (Å²) in [6.07, 6.45) is 2.50. The van der Waals surface area contributed by atoms with Gasteiger partial charge in [-0.1, -0.05) is 28.9 Å². The molecule has 0 aliphatic rings. The highest BCUT2D eigenvalue weighted by atomic mass is 79.9. The lowest BCUT2D eigenvalue weighted by Crippen LogP contribution is -2.33. The average Bonchev–Trinajstić information content (AvgIpc) is 2.29. The molecule has 1 rings (SSSR count). The zero-order valence-electron chi connectivity index (χ0n) is 8.90. The molecule has 1 aromatic rings. The maximum atomic E-state index is 11.6.